The molecule has 0 spiro atoms. The van der Waals surface area contributed by atoms with Crippen LogP contribution in [0.4, 0.5) is 0 Å². The highest BCUT2D eigenvalue weighted by atomic mass is 16.5. The highest BCUT2D eigenvalue weighted by Gasteiger charge is 2.30. The van der Waals surface area contributed by atoms with E-state index in [2.05, 4.69) is 17.1 Å². The second kappa shape index (κ2) is 7.22. The predicted molar refractivity (Wildman–Crippen MR) is 75.0 cm³/mol. The first-order valence-electron chi connectivity index (χ1n) is 7.17. The van der Waals surface area contributed by atoms with Gasteiger partial charge < -0.3 is 15.2 Å². The monoisotopic (exact) mass is 272 g/mol. The number of aliphatic hydroxyl groups is 1. The van der Waals surface area contributed by atoms with Gasteiger partial charge in [-0.1, -0.05) is 13.3 Å². The van der Waals surface area contributed by atoms with Crippen LogP contribution in [0.5, 0.6) is 0 Å². The smallest absolute Gasteiger partial charge is 0.237 e. The van der Waals surface area contributed by atoms with Gasteiger partial charge in [0.25, 0.3) is 0 Å². The van der Waals surface area contributed by atoms with E-state index < -0.39 is 6.10 Å². The van der Waals surface area contributed by atoms with Gasteiger partial charge in [-0.25, -0.2) is 0 Å². The Kier molecular flexibility index (Phi) is 6.23. The molecule has 112 valence electrons. The summed E-state index contributed by atoms with van der Waals surface area (Å²) in [5, 5.41) is 12.9. The molecule has 0 radical (unpaired) electrons. The van der Waals surface area contributed by atoms with Crippen LogP contribution in [0.2, 0.25) is 0 Å². The predicted octanol–water partition coefficient (Wildman–Crippen LogP) is 0.763. The molecule has 1 aliphatic heterocycles. The molecular weight excluding hydrogens is 244 g/mol. The molecule has 1 saturated heterocycles. The van der Waals surface area contributed by atoms with Crippen molar-refractivity contribution in [2.75, 3.05) is 26.2 Å². The average Bonchev–Trinajstić information content (AvgIpc) is 2.30. The van der Waals surface area contributed by atoms with Crippen molar-refractivity contribution < 1.29 is 14.6 Å². The zero-order valence-electron chi connectivity index (χ0n) is 12.6. The molecule has 0 bridgehead atoms. The van der Waals surface area contributed by atoms with Crippen LogP contribution in [-0.4, -0.2) is 59.9 Å². The van der Waals surface area contributed by atoms with Gasteiger partial charge in [-0.3, -0.25) is 9.69 Å². The standard InChI is InChI=1S/C14H28N2O3/c1-5-6-12-13(18)15-7-8-16(12)9-11(17)10-19-14(2,3)4/h11-12,17H,5-10H2,1-4H3,(H,15,18). The maximum Gasteiger partial charge on any atom is 0.237 e. The molecule has 0 aromatic heterocycles. The van der Waals surface area contributed by atoms with Crippen LogP contribution in [0.3, 0.4) is 0 Å². The number of hydrogen-bond acceptors (Lipinski definition) is 4. The Morgan fingerprint density at radius 3 is 2.79 bits per heavy atom. The molecule has 1 amide bonds. The maximum absolute atomic E-state index is 11.8. The normalized spacial score (nSPS) is 23.2. The first-order chi connectivity index (χ1) is 8.83. The van der Waals surface area contributed by atoms with Crippen molar-refractivity contribution in [2.45, 2.75) is 58.3 Å². The highest BCUT2D eigenvalue weighted by Crippen LogP contribution is 2.13. The lowest BCUT2D eigenvalue weighted by atomic mass is 10.1. The van der Waals surface area contributed by atoms with Crippen LogP contribution in [0, 0.1) is 0 Å². The van der Waals surface area contributed by atoms with Crippen molar-refractivity contribution in [1.29, 1.82) is 0 Å². The summed E-state index contributed by atoms with van der Waals surface area (Å²) < 4.78 is 5.58. The zero-order valence-corrected chi connectivity index (χ0v) is 12.6. The Hall–Kier alpha value is -0.650. The van der Waals surface area contributed by atoms with Crippen LogP contribution in [0.1, 0.15) is 40.5 Å². The summed E-state index contributed by atoms with van der Waals surface area (Å²) in [5.41, 5.74) is -0.247. The minimum atomic E-state index is -0.551. The molecule has 5 heteroatoms. The topological polar surface area (TPSA) is 61.8 Å². The molecule has 0 saturated carbocycles. The van der Waals surface area contributed by atoms with Gasteiger partial charge in [0.15, 0.2) is 0 Å². The minimum absolute atomic E-state index is 0.0806. The van der Waals surface area contributed by atoms with E-state index >= 15 is 0 Å². The number of amides is 1. The molecule has 0 aliphatic carbocycles. The van der Waals surface area contributed by atoms with Gasteiger partial charge in [-0.05, 0) is 27.2 Å². The number of hydrogen-bond donors (Lipinski definition) is 2. The third-order valence-corrected chi connectivity index (χ3v) is 3.16. The number of carbonyl (C=O) groups excluding carboxylic acids is 1. The van der Waals surface area contributed by atoms with Crippen molar-refractivity contribution in [1.82, 2.24) is 10.2 Å². The summed E-state index contributed by atoms with van der Waals surface area (Å²) in [6, 6.07) is -0.108. The summed E-state index contributed by atoms with van der Waals surface area (Å²) >= 11 is 0. The van der Waals surface area contributed by atoms with Gasteiger partial charge in [0.05, 0.1) is 24.4 Å². The second-order valence-corrected chi connectivity index (χ2v) is 6.17. The van der Waals surface area contributed by atoms with E-state index in [1.807, 2.05) is 20.8 Å². The van der Waals surface area contributed by atoms with Crippen LogP contribution < -0.4 is 5.32 Å². The van der Waals surface area contributed by atoms with Gasteiger partial charge in [0, 0.05) is 19.6 Å². The molecule has 19 heavy (non-hydrogen) atoms. The number of nitrogens with zero attached hydrogens (tertiary/aromatic N) is 1. The van der Waals surface area contributed by atoms with Gasteiger partial charge in [0.2, 0.25) is 5.91 Å². The fourth-order valence-electron chi connectivity index (χ4n) is 2.24. The summed E-state index contributed by atoms with van der Waals surface area (Å²) in [4.78, 5) is 13.9. The molecule has 2 N–H and O–H groups in total. The minimum Gasteiger partial charge on any atom is -0.389 e. The van der Waals surface area contributed by atoms with E-state index in [0.717, 1.165) is 19.4 Å². The van der Waals surface area contributed by atoms with Crippen molar-refractivity contribution in [2.24, 2.45) is 0 Å². The molecule has 2 unspecified atom stereocenters. The lowest BCUT2D eigenvalue weighted by Crippen LogP contribution is -2.57. The average molecular weight is 272 g/mol. The number of β-amino-alcohol motifs (C(OH)–C–C–N with tert-alkyl or cyclic N) is 1. The number of ether oxygens (including phenoxy) is 1. The molecule has 0 aromatic rings. The third-order valence-electron chi connectivity index (χ3n) is 3.16. The van der Waals surface area contributed by atoms with E-state index in [9.17, 15) is 9.90 Å². The molecule has 0 aromatic carbocycles. The van der Waals surface area contributed by atoms with Crippen molar-refractivity contribution in [3.8, 4) is 0 Å². The van der Waals surface area contributed by atoms with Gasteiger partial charge >= 0.3 is 0 Å². The molecule has 2 atom stereocenters. The number of carbonyl (C=O) groups is 1. The van der Waals surface area contributed by atoms with E-state index in [-0.39, 0.29) is 17.6 Å². The molecule has 1 rings (SSSR count). The number of aliphatic hydroxyl groups excluding tert-OH is 1. The van der Waals surface area contributed by atoms with E-state index in [1.54, 1.807) is 0 Å². The van der Waals surface area contributed by atoms with E-state index in [4.69, 9.17) is 4.74 Å². The quantitative estimate of drug-likeness (QED) is 0.749. The Morgan fingerprint density at radius 2 is 2.21 bits per heavy atom. The number of nitrogens with one attached hydrogen (secondary N) is 1. The molecule has 1 heterocycles. The summed E-state index contributed by atoms with van der Waals surface area (Å²) in [7, 11) is 0. The summed E-state index contributed by atoms with van der Waals surface area (Å²) in [5.74, 6) is 0.0806. The Morgan fingerprint density at radius 1 is 1.53 bits per heavy atom. The van der Waals surface area contributed by atoms with Gasteiger partial charge in [0.1, 0.15) is 0 Å². The maximum atomic E-state index is 11.8. The largest absolute Gasteiger partial charge is 0.389 e. The highest BCUT2D eigenvalue weighted by molar-refractivity contribution is 5.82. The molecule has 1 aliphatic rings. The van der Waals surface area contributed by atoms with Crippen molar-refractivity contribution in [3.63, 3.8) is 0 Å². The Labute approximate surface area is 116 Å². The first kappa shape index (κ1) is 16.4. The lowest BCUT2D eigenvalue weighted by Gasteiger charge is -2.36. The summed E-state index contributed by atoms with van der Waals surface area (Å²) in [6.45, 7) is 10.2. The Bertz CT molecular complexity index is 289. The van der Waals surface area contributed by atoms with Crippen LogP contribution in [0.15, 0.2) is 0 Å². The van der Waals surface area contributed by atoms with Crippen molar-refractivity contribution >= 4 is 5.91 Å². The van der Waals surface area contributed by atoms with Gasteiger partial charge in [-0.2, -0.15) is 0 Å². The van der Waals surface area contributed by atoms with E-state index in [0.29, 0.717) is 19.7 Å². The van der Waals surface area contributed by atoms with Crippen LogP contribution >= 0.6 is 0 Å². The van der Waals surface area contributed by atoms with Gasteiger partial charge in [-0.15, -0.1) is 0 Å². The van der Waals surface area contributed by atoms with Crippen molar-refractivity contribution in [3.05, 3.63) is 0 Å². The fraction of sp³-hybridized carbons (Fsp3) is 0.929. The fourth-order valence-corrected chi connectivity index (χ4v) is 2.24. The second-order valence-electron chi connectivity index (χ2n) is 6.17. The van der Waals surface area contributed by atoms with E-state index in [1.165, 1.54) is 0 Å². The van der Waals surface area contributed by atoms with Crippen LogP contribution in [0.25, 0.3) is 0 Å². The third kappa shape index (κ3) is 5.89. The SMILES string of the molecule is CCCC1C(=O)NCCN1CC(O)COC(C)(C)C. The van der Waals surface area contributed by atoms with Crippen LogP contribution in [-0.2, 0) is 9.53 Å². The molecular formula is C14H28N2O3. The Balaban J connectivity index is 2.46. The lowest BCUT2D eigenvalue weighted by molar-refractivity contribution is -0.130. The zero-order chi connectivity index (χ0) is 14.5. The molecule has 5 nitrogen and oxygen atoms in total. The molecule has 1 fully saturated rings. The number of piperazine rings is 1. The first-order valence-corrected chi connectivity index (χ1v) is 7.17. The number of rotatable bonds is 6. The summed E-state index contributed by atoms with van der Waals surface area (Å²) in [6.07, 6.45) is 1.24.